The minimum atomic E-state index is -4.73. The largest absolute Gasteiger partial charge is 0.445 e. The van der Waals surface area contributed by atoms with Gasteiger partial charge in [0.1, 0.15) is 10.4 Å². The van der Waals surface area contributed by atoms with Gasteiger partial charge in [-0.25, -0.2) is 13.4 Å². The summed E-state index contributed by atoms with van der Waals surface area (Å²) in [5, 5.41) is 14.8. The van der Waals surface area contributed by atoms with Gasteiger partial charge in [-0.05, 0) is 31.7 Å². The summed E-state index contributed by atoms with van der Waals surface area (Å²) < 4.78 is 78.5. The lowest BCUT2D eigenvalue weighted by Gasteiger charge is -2.36. The highest BCUT2D eigenvalue weighted by atomic mass is 32.2. The van der Waals surface area contributed by atoms with Crippen LogP contribution in [0.1, 0.15) is 32.1 Å². The van der Waals surface area contributed by atoms with E-state index >= 15 is 0 Å². The quantitative estimate of drug-likeness (QED) is 0.479. The van der Waals surface area contributed by atoms with Gasteiger partial charge >= 0.3 is 6.18 Å². The summed E-state index contributed by atoms with van der Waals surface area (Å²) in [4.78, 5) is 20.0. The number of aromatic nitrogens is 4. The highest BCUT2D eigenvalue weighted by molar-refractivity contribution is 7.89. The van der Waals surface area contributed by atoms with Gasteiger partial charge in [-0.15, -0.1) is 10.2 Å². The predicted molar refractivity (Wildman–Crippen MR) is 129 cm³/mol. The van der Waals surface area contributed by atoms with Crippen molar-refractivity contribution in [1.29, 1.82) is 5.26 Å². The third-order valence-corrected chi connectivity index (χ3v) is 9.30. The van der Waals surface area contributed by atoms with E-state index in [0.29, 0.717) is 44.7 Å². The zero-order chi connectivity index (χ0) is 27.7. The number of imidazole rings is 1. The van der Waals surface area contributed by atoms with Crippen molar-refractivity contribution in [3.8, 4) is 16.9 Å². The van der Waals surface area contributed by atoms with E-state index in [1.807, 2.05) is 11.0 Å². The standard InChI is InChI=1S/C22H21F3N8O3S2/c23-22(24,25)20-29-28-18(37-20)17-27-10-16-15(31-5-7-32(8-6-31)19(34)13-1-2-13)9-14(11-33(16)17)38(35,36)30-21(12-26)3-4-21/h9-11,13,30H,1-8H2/i10D. The Kier molecular flexibility index (Phi) is 5.39. The smallest absolute Gasteiger partial charge is 0.366 e. The predicted octanol–water partition coefficient (Wildman–Crippen LogP) is 2.26. The van der Waals surface area contributed by atoms with Gasteiger partial charge in [-0.3, -0.25) is 9.20 Å². The lowest BCUT2D eigenvalue weighted by atomic mass is 10.2. The minimum absolute atomic E-state index is 0.0587. The zero-order valence-corrected chi connectivity index (χ0v) is 21.3. The van der Waals surface area contributed by atoms with E-state index in [-0.39, 0.29) is 50.6 Å². The number of fused-ring (bicyclic) bond motifs is 1. The second-order valence-electron chi connectivity index (χ2n) is 9.62. The highest BCUT2D eigenvalue weighted by Crippen LogP contribution is 2.39. The first kappa shape index (κ1) is 23.8. The number of nitrogens with one attached hydrogen (secondary N) is 1. The zero-order valence-electron chi connectivity index (χ0n) is 20.7. The molecule has 0 radical (unpaired) electrons. The normalized spacial score (nSPS) is 19.9. The van der Waals surface area contributed by atoms with E-state index in [1.54, 1.807) is 4.90 Å². The van der Waals surface area contributed by atoms with Crippen molar-refractivity contribution < 1.29 is 27.8 Å². The molecule has 16 heteroatoms. The summed E-state index contributed by atoms with van der Waals surface area (Å²) in [5.41, 5.74) is -0.708. The summed E-state index contributed by atoms with van der Waals surface area (Å²) in [6.45, 7) is 1.50. The van der Waals surface area contributed by atoms with Crippen LogP contribution in [-0.2, 0) is 21.0 Å². The Morgan fingerprint density at radius 1 is 1.24 bits per heavy atom. The van der Waals surface area contributed by atoms with Crippen molar-refractivity contribution in [1.82, 2.24) is 29.2 Å². The van der Waals surface area contributed by atoms with Crippen molar-refractivity contribution >= 4 is 38.5 Å². The van der Waals surface area contributed by atoms with Crippen LogP contribution in [0.4, 0.5) is 18.9 Å². The Morgan fingerprint density at radius 2 is 1.95 bits per heavy atom. The van der Waals surface area contributed by atoms with E-state index in [1.165, 1.54) is 10.5 Å². The molecule has 1 aliphatic heterocycles. The molecule has 0 spiro atoms. The number of sulfonamides is 1. The number of piperazine rings is 1. The van der Waals surface area contributed by atoms with Gasteiger partial charge in [0, 0.05) is 38.3 Å². The number of nitriles is 1. The maximum Gasteiger partial charge on any atom is 0.445 e. The first-order valence-corrected chi connectivity index (χ1v) is 14.1. The number of halogens is 3. The second kappa shape index (κ2) is 8.61. The molecule has 3 aromatic rings. The maximum atomic E-state index is 13.4. The molecule has 1 N–H and O–H groups in total. The van der Waals surface area contributed by atoms with Crippen molar-refractivity contribution in [3.63, 3.8) is 0 Å². The molecule has 4 heterocycles. The molecule has 0 bridgehead atoms. The summed E-state index contributed by atoms with van der Waals surface area (Å²) >= 11 is 0.232. The van der Waals surface area contributed by atoms with Crippen molar-refractivity contribution in [3.05, 3.63) is 23.4 Å². The van der Waals surface area contributed by atoms with Crippen LogP contribution in [0.25, 0.3) is 16.3 Å². The SMILES string of the molecule is [2H]c1nc(-c2nnc(C(F)(F)F)s2)n2cc(S(=O)(=O)NC3(C#N)CC3)cc(N3CCN(C(=O)C4CC4)CC3)c12. The fourth-order valence-electron chi connectivity index (χ4n) is 4.39. The van der Waals surface area contributed by atoms with E-state index < -0.39 is 26.7 Å². The molecular weight excluding hydrogens is 545 g/mol. The maximum absolute atomic E-state index is 13.4. The number of carbonyl (C=O) groups is 1. The van der Waals surface area contributed by atoms with Gasteiger partial charge in [0.05, 0.1) is 24.8 Å². The third-order valence-electron chi connectivity index (χ3n) is 6.84. The molecule has 0 unspecified atom stereocenters. The topological polar surface area (TPSA) is 137 Å². The summed E-state index contributed by atoms with van der Waals surface area (Å²) in [7, 11) is -4.24. The van der Waals surface area contributed by atoms with Crippen molar-refractivity contribution in [2.24, 2.45) is 5.92 Å². The fraction of sp³-hybridized carbons (Fsp3) is 0.500. The van der Waals surface area contributed by atoms with Gasteiger partial charge in [-0.2, -0.15) is 23.2 Å². The molecule has 2 saturated carbocycles. The number of hydrogen-bond donors (Lipinski definition) is 1. The average molecular weight is 568 g/mol. The van der Waals surface area contributed by atoms with Crippen LogP contribution in [0.3, 0.4) is 0 Å². The van der Waals surface area contributed by atoms with E-state index in [9.17, 15) is 31.6 Å². The molecule has 11 nitrogen and oxygen atoms in total. The third kappa shape index (κ3) is 4.48. The first-order valence-electron chi connectivity index (χ1n) is 12.3. The molecule has 3 fully saturated rings. The average Bonchev–Trinajstić information content (AvgIpc) is 3.81. The summed E-state index contributed by atoms with van der Waals surface area (Å²) in [6, 6.07) is 3.34. The van der Waals surface area contributed by atoms with Crippen molar-refractivity contribution in [2.75, 3.05) is 31.1 Å². The van der Waals surface area contributed by atoms with E-state index in [4.69, 9.17) is 1.37 Å². The van der Waals surface area contributed by atoms with Gasteiger partial charge < -0.3 is 9.80 Å². The molecule has 3 aromatic heterocycles. The highest BCUT2D eigenvalue weighted by Gasteiger charge is 2.47. The van der Waals surface area contributed by atoms with Crippen molar-refractivity contribution in [2.45, 2.75) is 42.3 Å². The molecule has 6 rings (SSSR count). The number of amides is 1. The Morgan fingerprint density at radius 3 is 2.53 bits per heavy atom. The molecular formula is C22H21F3N8O3S2. The second-order valence-corrected chi connectivity index (χ2v) is 12.3. The Labute approximate surface area is 220 Å². The molecule has 3 aliphatic rings. The number of nitrogens with zero attached hydrogens (tertiary/aromatic N) is 7. The number of anilines is 1. The molecule has 38 heavy (non-hydrogen) atoms. The Balaban J connectivity index is 1.44. The Hall–Kier alpha value is -3.29. The van der Waals surface area contributed by atoms with E-state index in [2.05, 4.69) is 19.9 Å². The number of hydrogen-bond acceptors (Lipinski definition) is 9. The lowest BCUT2D eigenvalue weighted by Crippen LogP contribution is -2.49. The monoisotopic (exact) mass is 567 g/mol. The molecule has 1 saturated heterocycles. The van der Waals surface area contributed by atoms with Gasteiger partial charge in [0.25, 0.3) is 0 Å². The van der Waals surface area contributed by atoms with Crippen LogP contribution in [0.2, 0.25) is 0 Å². The fourth-order valence-corrected chi connectivity index (χ4v) is 6.49. The van der Waals surface area contributed by atoms with Crippen LogP contribution >= 0.6 is 11.3 Å². The van der Waals surface area contributed by atoms with E-state index in [0.717, 1.165) is 19.0 Å². The molecule has 0 aromatic carbocycles. The van der Waals surface area contributed by atoms with Crippen LogP contribution in [0.15, 0.2) is 23.3 Å². The number of alkyl halides is 3. The van der Waals surface area contributed by atoms with Crippen LogP contribution in [0, 0.1) is 17.2 Å². The number of rotatable bonds is 6. The van der Waals surface area contributed by atoms with Crippen LogP contribution in [-0.4, -0.2) is 70.5 Å². The molecule has 200 valence electrons. The summed E-state index contributed by atoms with van der Waals surface area (Å²) in [5.74, 6) is -0.00945. The first-order chi connectivity index (χ1) is 18.4. The van der Waals surface area contributed by atoms with Crippen LogP contribution < -0.4 is 9.62 Å². The van der Waals surface area contributed by atoms with Gasteiger partial charge in [0.15, 0.2) is 10.8 Å². The molecule has 0 atom stereocenters. The minimum Gasteiger partial charge on any atom is -0.366 e. The van der Waals surface area contributed by atoms with Crippen LogP contribution in [0.5, 0.6) is 0 Å². The molecule has 2 aliphatic carbocycles. The summed E-state index contributed by atoms with van der Waals surface area (Å²) in [6.07, 6.45) is -1.40. The van der Waals surface area contributed by atoms with Gasteiger partial charge in [-0.1, -0.05) is 11.3 Å². The Bertz CT molecular complexity index is 1630. The number of carbonyl (C=O) groups excluding carboxylic acids is 1. The number of pyridine rings is 1. The van der Waals surface area contributed by atoms with Gasteiger partial charge in [0.2, 0.25) is 20.9 Å². The molecule has 1 amide bonds. The lowest BCUT2D eigenvalue weighted by molar-refractivity contribution is -0.138.